The Morgan fingerprint density at radius 2 is 1.68 bits per heavy atom. The number of rotatable bonds is 11. The van der Waals surface area contributed by atoms with E-state index in [4.69, 9.17) is 0 Å². The van der Waals surface area contributed by atoms with Gasteiger partial charge in [-0.25, -0.2) is 13.1 Å². The van der Waals surface area contributed by atoms with Crippen molar-refractivity contribution < 1.29 is 23.6 Å². The first-order valence-electron chi connectivity index (χ1n) is 11.5. The van der Waals surface area contributed by atoms with Crippen LogP contribution in [0.25, 0.3) is 21.9 Å². The van der Waals surface area contributed by atoms with Gasteiger partial charge in [-0.1, -0.05) is 30.3 Å². The summed E-state index contributed by atoms with van der Waals surface area (Å²) < 4.78 is 29.0. The molecule has 0 aliphatic heterocycles. The predicted molar refractivity (Wildman–Crippen MR) is 139 cm³/mol. The van der Waals surface area contributed by atoms with Crippen molar-refractivity contribution in [2.75, 3.05) is 19.6 Å². The van der Waals surface area contributed by atoms with Crippen LogP contribution in [0.2, 0.25) is 0 Å². The third kappa shape index (κ3) is 6.34. The first-order valence-corrected chi connectivity index (χ1v) is 13.0. The number of nitro benzene ring substituents is 1. The first kappa shape index (κ1) is 26.3. The van der Waals surface area contributed by atoms with Crippen LogP contribution in [0.4, 0.5) is 5.69 Å². The Morgan fingerprint density at radius 3 is 2.38 bits per heavy atom. The average molecular weight is 523 g/mol. The molecule has 0 amide bonds. The lowest BCUT2D eigenvalue weighted by Crippen LogP contribution is -2.37. The molecule has 0 aliphatic carbocycles. The molecule has 2 atom stereocenters. The van der Waals surface area contributed by atoms with Crippen LogP contribution in [0.3, 0.4) is 0 Å². The molecule has 37 heavy (non-hydrogen) atoms. The lowest BCUT2D eigenvalue weighted by atomic mass is 10.0. The van der Waals surface area contributed by atoms with Gasteiger partial charge in [0.1, 0.15) is 6.10 Å². The Hall–Kier alpha value is -3.74. The Balaban J connectivity index is 1.38. The van der Waals surface area contributed by atoms with E-state index in [1.807, 2.05) is 36.4 Å². The van der Waals surface area contributed by atoms with Crippen molar-refractivity contribution in [1.82, 2.24) is 15.0 Å². The zero-order valence-corrected chi connectivity index (χ0v) is 20.5. The molecule has 0 fully saturated rings. The average Bonchev–Trinajstić information content (AvgIpc) is 2.92. The van der Waals surface area contributed by atoms with Crippen molar-refractivity contribution in [3.05, 3.63) is 101 Å². The molecule has 4 N–H and O–H groups in total. The lowest BCUT2D eigenvalue weighted by molar-refractivity contribution is -0.384. The van der Waals surface area contributed by atoms with Gasteiger partial charge in [0, 0.05) is 54.9 Å². The van der Waals surface area contributed by atoms with Gasteiger partial charge in [-0.15, -0.1) is 0 Å². The van der Waals surface area contributed by atoms with Gasteiger partial charge < -0.3 is 15.5 Å². The van der Waals surface area contributed by atoms with Crippen LogP contribution in [0.1, 0.15) is 11.7 Å². The second-order valence-electron chi connectivity index (χ2n) is 8.40. The maximum absolute atomic E-state index is 13.2. The minimum Gasteiger partial charge on any atom is -0.389 e. The lowest BCUT2D eigenvalue weighted by Gasteiger charge is -2.19. The molecular formula is C26H26N4O6S. The molecule has 0 spiro atoms. The van der Waals surface area contributed by atoms with Crippen LogP contribution in [0.5, 0.6) is 0 Å². The zero-order chi connectivity index (χ0) is 26.4. The number of nitro groups is 1. The summed E-state index contributed by atoms with van der Waals surface area (Å²) in [7, 11) is -3.87. The van der Waals surface area contributed by atoms with Crippen LogP contribution in [-0.4, -0.2) is 54.3 Å². The number of fused-ring (bicyclic) bond motifs is 1. The van der Waals surface area contributed by atoms with Gasteiger partial charge in [0.2, 0.25) is 10.0 Å². The first-order chi connectivity index (χ1) is 17.8. The summed E-state index contributed by atoms with van der Waals surface area (Å²) in [5.41, 5.74) is 1.85. The number of aliphatic hydroxyl groups is 2. The Labute approximate surface area is 213 Å². The number of aliphatic hydroxyl groups excluding tert-OH is 2. The second kappa shape index (κ2) is 11.5. The quantitative estimate of drug-likeness (QED) is 0.133. The molecule has 10 nitrogen and oxygen atoms in total. The number of sulfonamides is 1. The van der Waals surface area contributed by atoms with Crippen molar-refractivity contribution in [3.63, 3.8) is 0 Å². The highest BCUT2D eigenvalue weighted by molar-refractivity contribution is 7.89. The minimum atomic E-state index is -3.87. The van der Waals surface area contributed by atoms with Crippen LogP contribution < -0.4 is 10.0 Å². The Morgan fingerprint density at radius 1 is 0.946 bits per heavy atom. The monoisotopic (exact) mass is 522 g/mol. The third-order valence-electron chi connectivity index (χ3n) is 5.87. The van der Waals surface area contributed by atoms with Gasteiger partial charge in [-0.05, 0) is 47.0 Å². The molecule has 0 aliphatic rings. The molecule has 0 radical (unpaired) electrons. The predicted octanol–water partition coefficient (Wildman–Crippen LogP) is 2.77. The molecule has 0 saturated heterocycles. The number of nitrogens with zero attached hydrogens (tertiary/aromatic N) is 2. The SMILES string of the molecule is O=[N+]([O-])c1ccc(C(O)C(O)CNCCNS(=O)(=O)c2cc(-c3ccccc3)cc3cnccc23)cc1. The maximum atomic E-state index is 13.2. The summed E-state index contributed by atoms with van der Waals surface area (Å²) in [6, 6.07) is 19.9. The highest BCUT2D eigenvalue weighted by Gasteiger charge is 2.21. The van der Waals surface area contributed by atoms with E-state index in [2.05, 4.69) is 15.0 Å². The van der Waals surface area contributed by atoms with Gasteiger partial charge in [0.05, 0.1) is 15.9 Å². The van der Waals surface area contributed by atoms with Crippen molar-refractivity contribution >= 4 is 26.5 Å². The highest BCUT2D eigenvalue weighted by atomic mass is 32.2. The van der Waals surface area contributed by atoms with E-state index in [9.17, 15) is 28.7 Å². The molecule has 0 bridgehead atoms. The Bertz CT molecular complexity index is 1480. The third-order valence-corrected chi connectivity index (χ3v) is 7.37. The maximum Gasteiger partial charge on any atom is 0.269 e. The molecule has 4 aromatic rings. The fourth-order valence-electron chi connectivity index (χ4n) is 3.92. The molecule has 4 rings (SSSR count). The fraction of sp³-hybridized carbons (Fsp3) is 0.192. The van der Waals surface area contributed by atoms with Crippen molar-refractivity contribution in [3.8, 4) is 11.1 Å². The number of benzene rings is 3. The molecule has 3 aromatic carbocycles. The summed E-state index contributed by atoms with van der Waals surface area (Å²) in [5, 5.41) is 35.5. The van der Waals surface area contributed by atoms with Crippen LogP contribution in [0.15, 0.2) is 90.1 Å². The smallest absolute Gasteiger partial charge is 0.269 e. The van der Waals surface area contributed by atoms with E-state index in [1.165, 1.54) is 24.3 Å². The topological polar surface area (TPSA) is 155 Å². The summed E-state index contributed by atoms with van der Waals surface area (Å²) in [6.45, 7) is 0.226. The molecule has 0 saturated carbocycles. The number of pyridine rings is 1. The number of non-ortho nitro benzene ring substituents is 1. The van der Waals surface area contributed by atoms with Gasteiger partial charge in [-0.2, -0.15) is 0 Å². The number of hydrogen-bond acceptors (Lipinski definition) is 8. The number of aromatic nitrogens is 1. The number of hydrogen-bond donors (Lipinski definition) is 4. The van der Waals surface area contributed by atoms with Gasteiger partial charge in [-0.3, -0.25) is 15.1 Å². The van der Waals surface area contributed by atoms with Gasteiger partial charge >= 0.3 is 0 Å². The van der Waals surface area contributed by atoms with Crippen LogP contribution >= 0.6 is 0 Å². The summed E-state index contributed by atoms with van der Waals surface area (Å²) in [5.74, 6) is 0. The van der Waals surface area contributed by atoms with E-state index >= 15 is 0 Å². The van der Waals surface area contributed by atoms with Gasteiger partial charge in [0.15, 0.2) is 0 Å². The zero-order valence-electron chi connectivity index (χ0n) is 19.7. The summed E-state index contributed by atoms with van der Waals surface area (Å²) in [6.07, 6.45) is 0.714. The van der Waals surface area contributed by atoms with Crippen molar-refractivity contribution in [2.45, 2.75) is 17.1 Å². The normalized spacial score (nSPS) is 13.4. The molecule has 11 heteroatoms. The van der Waals surface area contributed by atoms with Gasteiger partial charge in [0.25, 0.3) is 5.69 Å². The molecular weight excluding hydrogens is 496 g/mol. The van der Waals surface area contributed by atoms with E-state index < -0.39 is 27.2 Å². The Kier molecular flexibility index (Phi) is 8.21. The molecule has 1 aromatic heterocycles. The van der Waals surface area contributed by atoms with Crippen molar-refractivity contribution in [2.24, 2.45) is 0 Å². The standard InChI is InChI=1S/C26H26N4O6S/c31-24(26(32)19-6-8-22(9-7-19)30(33)34)17-28-12-13-29-37(35,36)25-15-20(18-4-2-1-3-5-18)14-21-16-27-11-10-23(21)25/h1-11,14-16,24,26,28-29,31-32H,12-13,17H2. The van der Waals surface area contributed by atoms with E-state index in [1.54, 1.807) is 24.5 Å². The fourth-order valence-corrected chi connectivity index (χ4v) is 5.21. The van der Waals surface area contributed by atoms with E-state index in [-0.39, 0.29) is 30.2 Å². The second-order valence-corrected chi connectivity index (χ2v) is 10.1. The molecule has 1 heterocycles. The van der Waals surface area contributed by atoms with E-state index in [0.29, 0.717) is 16.3 Å². The van der Waals surface area contributed by atoms with Crippen molar-refractivity contribution in [1.29, 1.82) is 0 Å². The largest absolute Gasteiger partial charge is 0.389 e. The van der Waals surface area contributed by atoms with E-state index in [0.717, 1.165) is 11.1 Å². The molecule has 2 unspecified atom stereocenters. The van der Waals surface area contributed by atoms with Crippen LogP contribution in [-0.2, 0) is 10.0 Å². The number of nitrogens with one attached hydrogen (secondary N) is 2. The van der Waals surface area contributed by atoms with Crippen LogP contribution in [0, 0.1) is 10.1 Å². The summed E-state index contributed by atoms with van der Waals surface area (Å²) in [4.78, 5) is 14.5. The molecule has 192 valence electrons. The minimum absolute atomic E-state index is 0.0159. The summed E-state index contributed by atoms with van der Waals surface area (Å²) >= 11 is 0. The highest BCUT2D eigenvalue weighted by Crippen LogP contribution is 2.30.